The summed E-state index contributed by atoms with van der Waals surface area (Å²) in [6, 6.07) is 0. The Balaban J connectivity index is 1.91. The Kier molecular flexibility index (Phi) is 4.25. The minimum atomic E-state index is -0.719. The van der Waals surface area contributed by atoms with Crippen LogP contribution in [-0.2, 0) is 0 Å². The Morgan fingerprint density at radius 2 is 2.00 bits per heavy atom. The fourth-order valence-corrected chi connectivity index (χ4v) is 4.40. The van der Waals surface area contributed by atoms with E-state index in [1.807, 2.05) is 4.90 Å². The molecule has 27 heavy (non-hydrogen) atoms. The second-order valence-electron chi connectivity index (χ2n) is 8.02. The van der Waals surface area contributed by atoms with Gasteiger partial charge in [0.25, 0.3) is 5.56 Å². The van der Waals surface area contributed by atoms with Gasteiger partial charge in [-0.3, -0.25) is 9.20 Å². The number of aromatic nitrogens is 2. The third-order valence-electron chi connectivity index (χ3n) is 6.24. The van der Waals surface area contributed by atoms with Gasteiger partial charge in [0.2, 0.25) is 0 Å². The predicted octanol–water partition coefficient (Wildman–Crippen LogP) is 0.921. The highest BCUT2D eigenvalue weighted by molar-refractivity contribution is 5.72. The van der Waals surface area contributed by atoms with Crippen LogP contribution in [0.5, 0.6) is 0 Å². The molecule has 7 nitrogen and oxygen atoms in total. The maximum absolute atomic E-state index is 15.0. The van der Waals surface area contributed by atoms with E-state index >= 15 is 4.39 Å². The Hall–Kier alpha value is -2.35. The largest absolute Gasteiger partial charge is 0.369 e. The van der Waals surface area contributed by atoms with Crippen molar-refractivity contribution < 1.29 is 4.39 Å². The van der Waals surface area contributed by atoms with E-state index in [1.165, 1.54) is 10.6 Å². The zero-order valence-electron chi connectivity index (χ0n) is 15.7. The van der Waals surface area contributed by atoms with E-state index in [1.54, 1.807) is 6.92 Å². The highest BCUT2D eigenvalue weighted by atomic mass is 19.1. The van der Waals surface area contributed by atoms with Crippen molar-refractivity contribution in [3.8, 4) is 0 Å². The first-order chi connectivity index (χ1) is 12.8. The van der Waals surface area contributed by atoms with Crippen molar-refractivity contribution in [2.75, 3.05) is 30.4 Å². The fourth-order valence-electron chi connectivity index (χ4n) is 4.40. The van der Waals surface area contributed by atoms with Crippen molar-refractivity contribution in [2.24, 2.45) is 17.6 Å². The van der Waals surface area contributed by atoms with E-state index < -0.39 is 17.1 Å². The molecule has 1 aliphatic heterocycles. The molecule has 2 atom stereocenters. The van der Waals surface area contributed by atoms with Gasteiger partial charge in [-0.05, 0) is 50.5 Å². The molecule has 2 aromatic rings. The summed E-state index contributed by atoms with van der Waals surface area (Å²) >= 11 is 0. The molecule has 3 heterocycles. The van der Waals surface area contributed by atoms with E-state index in [4.69, 9.17) is 11.6 Å². The molecule has 4 rings (SSSR count). The molecule has 2 fully saturated rings. The van der Waals surface area contributed by atoms with E-state index in [0.29, 0.717) is 45.4 Å². The Bertz CT molecular complexity index is 1020. The molecule has 2 aliphatic rings. The van der Waals surface area contributed by atoms with Gasteiger partial charge in [0.15, 0.2) is 5.82 Å². The smallest absolute Gasteiger partial charge is 0.354 e. The number of pyridine rings is 1. The Morgan fingerprint density at radius 1 is 1.30 bits per heavy atom. The number of anilines is 1. The fraction of sp³-hybridized carbons (Fsp3) is 0.579. The topological polar surface area (TPSA) is 98.8 Å². The van der Waals surface area contributed by atoms with Gasteiger partial charge >= 0.3 is 5.69 Å². The summed E-state index contributed by atoms with van der Waals surface area (Å²) in [6.45, 7) is 5.98. The molecule has 146 valence electrons. The molecule has 0 spiro atoms. The zero-order valence-corrected chi connectivity index (χ0v) is 15.7. The molecule has 0 amide bonds. The van der Waals surface area contributed by atoms with Crippen LogP contribution in [0.3, 0.4) is 0 Å². The summed E-state index contributed by atoms with van der Waals surface area (Å²) < 4.78 is 16.8. The van der Waals surface area contributed by atoms with Crippen molar-refractivity contribution in [1.29, 1.82) is 0 Å². The van der Waals surface area contributed by atoms with Gasteiger partial charge in [-0.1, -0.05) is 6.92 Å². The normalized spacial score (nSPS) is 21.2. The van der Waals surface area contributed by atoms with Gasteiger partial charge in [0, 0.05) is 24.2 Å². The average Bonchev–Trinajstić information content (AvgIpc) is 3.37. The van der Waals surface area contributed by atoms with Gasteiger partial charge in [0.1, 0.15) is 0 Å². The molecular formula is C19H26FN5O2. The van der Waals surface area contributed by atoms with Crippen molar-refractivity contribution in [3.63, 3.8) is 0 Å². The average molecular weight is 375 g/mol. The van der Waals surface area contributed by atoms with Gasteiger partial charge in [-0.15, -0.1) is 0 Å². The Labute approximate surface area is 156 Å². The number of nitrogens with two attached hydrogens (primary N) is 2. The van der Waals surface area contributed by atoms with Crippen LogP contribution < -0.4 is 27.7 Å². The number of rotatable bonds is 4. The second kappa shape index (κ2) is 6.37. The molecule has 8 heteroatoms. The SMILES string of the molecule is Cc1c(N2CCC(C(C)CN)C2)c(F)cn2c(=O)n(N)c(=O)c(C3CC3)c12. The highest BCUT2D eigenvalue weighted by Crippen LogP contribution is 2.42. The van der Waals surface area contributed by atoms with Crippen molar-refractivity contribution in [2.45, 2.75) is 39.0 Å². The lowest BCUT2D eigenvalue weighted by Gasteiger charge is -2.25. The summed E-state index contributed by atoms with van der Waals surface area (Å²) in [5.74, 6) is 6.06. The lowest BCUT2D eigenvalue weighted by Crippen LogP contribution is -2.44. The minimum Gasteiger partial charge on any atom is -0.369 e. The van der Waals surface area contributed by atoms with Gasteiger partial charge in [0.05, 0.1) is 17.4 Å². The molecule has 0 aromatic carbocycles. The first kappa shape index (κ1) is 18.0. The van der Waals surface area contributed by atoms with Crippen LogP contribution in [0.2, 0.25) is 0 Å². The van der Waals surface area contributed by atoms with Crippen LogP contribution in [0.15, 0.2) is 15.8 Å². The third-order valence-corrected chi connectivity index (χ3v) is 6.24. The van der Waals surface area contributed by atoms with E-state index in [2.05, 4.69) is 6.92 Å². The molecule has 1 saturated carbocycles. The summed E-state index contributed by atoms with van der Waals surface area (Å²) in [5, 5.41) is 0. The minimum absolute atomic E-state index is 0.0866. The number of aryl methyl sites for hydroxylation is 1. The summed E-state index contributed by atoms with van der Waals surface area (Å²) in [7, 11) is 0. The van der Waals surface area contributed by atoms with Crippen LogP contribution in [0.4, 0.5) is 10.1 Å². The van der Waals surface area contributed by atoms with Crippen molar-refractivity contribution in [3.05, 3.63) is 44.0 Å². The molecule has 2 unspecified atom stereocenters. The molecule has 1 saturated heterocycles. The number of fused-ring (bicyclic) bond motifs is 1. The molecular weight excluding hydrogens is 349 g/mol. The van der Waals surface area contributed by atoms with Gasteiger partial charge in [-0.2, -0.15) is 4.68 Å². The molecule has 1 aliphatic carbocycles. The van der Waals surface area contributed by atoms with Crippen LogP contribution >= 0.6 is 0 Å². The zero-order chi connectivity index (χ0) is 19.5. The van der Waals surface area contributed by atoms with Crippen LogP contribution in [0.25, 0.3) is 5.52 Å². The standard InChI is InChI=1S/C19H26FN5O2/c1-10(7-21)13-5-6-23(8-13)16-11(2)17-15(12-3-4-12)18(26)25(22)19(27)24(17)9-14(16)20/h9-10,12-13H,3-8,21-22H2,1-2H3. The molecule has 0 bridgehead atoms. The number of hydrogen-bond acceptors (Lipinski definition) is 5. The second-order valence-corrected chi connectivity index (χ2v) is 8.02. The first-order valence-electron chi connectivity index (χ1n) is 9.55. The van der Waals surface area contributed by atoms with Crippen molar-refractivity contribution in [1.82, 2.24) is 9.08 Å². The van der Waals surface area contributed by atoms with Crippen molar-refractivity contribution >= 4 is 11.2 Å². The summed E-state index contributed by atoms with van der Waals surface area (Å²) in [4.78, 5) is 27.1. The first-order valence-corrected chi connectivity index (χ1v) is 9.55. The number of halogens is 1. The predicted molar refractivity (Wildman–Crippen MR) is 103 cm³/mol. The molecule has 0 radical (unpaired) electrons. The van der Waals surface area contributed by atoms with E-state index in [-0.39, 0.29) is 5.92 Å². The monoisotopic (exact) mass is 375 g/mol. The quantitative estimate of drug-likeness (QED) is 0.775. The summed E-state index contributed by atoms with van der Waals surface area (Å²) in [6.07, 6.45) is 3.90. The van der Waals surface area contributed by atoms with Crippen LogP contribution in [0.1, 0.15) is 43.2 Å². The third kappa shape index (κ3) is 2.74. The van der Waals surface area contributed by atoms with Crippen LogP contribution in [0, 0.1) is 24.6 Å². The molecule has 4 N–H and O–H groups in total. The maximum atomic E-state index is 15.0. The number of hydrogen-bond donors (Lipinski definition) is 2. The molecule has 2 aromatic heterocycles. The Morgan fingerprint density at radius 3 is 2.63 bits per heavy atom. The van der Waals surface area contributed by atoms with E-state index in [0.717, 1.165) is 32.4 Å². The summed E-state index contributed by atoms with van der Waals surface area (Å²) in [5.41, 5.74) is 6.77. The van der Waals surface area contributed by atoms with Gasteiger partial charge < -0.3 is 16.5 Å². The lowest BCUT2D eigenvalue weighted by molar-refractivity contribution is 0.399. The number of nitrogens with zero attached hydrogens (tertiary/aromatic N) is 3. The van der Waals surface area contributed by atoms with Gasteiger partial charge in [-0.25, -0.2) is 9.18 Å². The maximum Gasteiger partial charge on any atom is 0.354 e. The number of nitrogen functional groups attached to an aromatic ring is 1. The lowest BCUT2D eigenvalue weighted by atomic mass is 9.93. The van der Waals surface area contributed by atoms with E-state index in [9.17, 15) is 9.59 Å². The van der Waals surface area contributed by atoms with Crippen LogP contribution in [-0.4, -0.2) is 28.7 Å². The highest BCUT2D eigenvalue weighted by Gasteiger charge is 2.34.